The van der Waals surface area contributed by atoms with Gasteiger partial charge in [0.1, 0.15) is 12.6 Å². The van der Waals surface area contributed by atoms with E-state index in [2.05, 4.69) is 20.6 Å². The van der Waals surface area contributed by atoms with E-state index in [-0.39, 0.29) is 44.0 Å². The molecule has 0 fully saturated rings. The topological polar surface area (TPSA) is 137 Å². The van der Waals surface area contributed by atoms with Gasteiger partial charge in [-0.2, -0.15) is 0 Å². The van der Waals surface area contributed by atoms with Gasteiger partial charge in [0.15, 0.2) is 0 Å². The van der Waals surface area contributed by atoms with E-state index in [0.717, 1.165) is 11.1 Å². The number of aliphatic hydroxyl groups excluding tert-OH is 1. The number of hydrogen-bond acceptors (Lipinski definition) is 6. The first-order valence-corrected chi connectivity index (χ1v) is 12.5. The Balaban J connectivity index is 1.64. The Labute approximate surface area is 222 Å². The van der Waals surface area contributed by atoms with E-state index in [9.17, 15) is 19.5 Å². The van der Waals surface area contributed by atoms with Crippen molar-refractivity contribution >= 4 is 17.9 Å². The highest BCUT2D eigenvalue weighted by atomic mass is 16.5. The van der Waals surface area contributed by atoms with Gasteiger partial charge >= 0.3 is 6.09 Å². The number of hydrogen-bond donors (Lipinski definition) is 4. The van der Waals surface area contributed by atoms with Crippen LogP contribution in [0.25, 0.3) is 0 Å². The number of aliphatic hydroxyl groups is 1. The molecule has 0 radical (unpaired) electrons. The van der Waals surface area contributed by atoms with Crippen molar-refractivity contribution in [3.05, 3.63) is 90.0 Å². The Morgan fingerprint density at radius 1 is 1.08 bits per heavy atom. The maximum atomic E-state index is 13.5. The number of benzene rings is 2. The summed E-state index contributed by atoms with van der Waals surface area (Å²) in [5.41, 5.74) is 2.09. The minimum absolute atomic E-state index is 0.0376. The van der Waals surface area contributed by atoms with Gasteiger partial charge in [-0.05, 0) is 11.1 Å². The smallest absolute Gasteiger partial charge is 0.408 e. The molecule has 10 heteroatoms. The van der Waals surface area contributed by atoms with Crippen LogP contribution in [0, 0.1) is 0 Å². The molecule has 0 saturated carbocycles. The highest BCUT2D eigenvalue weighted by Gasteiger charge is 2.29. The zero-order chi connectivity index (χ0) is 27.4. The first-order valence-electron chi connectivity index (χ1n) is 12.5. The quantitative estimate of drug-likeness (QED) is 0.272. The number of aromatic nitrogens is 2. The number of ether oxygens (including phenoxy) is 1. The second kappa shape index (κ2) is 13.9. The van der Waals surface area contributed by atoms with E-state index in [0.29, 0.717) is 12.2 Å². The second-order valence-corrected chi connectivity index (χ2v) is 9.53. The van der Waals surface area contributed by atoms with Crippen LogP contribution in [0.3, 0.4) is 0 Å². The summed E-state index contributed by atoms with van der Waals surface area (Å²) in [6, 6.07) is 17.9. The third kappa shape index (κ3) is 8.74. The number of carbonyl (C=O) groups excluding carboxylic acids is 3. The standard InChI is InChI=1S/C28H35N5O5/c1-28(2,22-11-7-4-8-12-22)19-30-25(35)17-33(13-14-34)26(36)24(15-23-16-29-20-31-23)32-27(37)38-18-21-9-5-3-6-10-21/h3-12,16,20,24,34H,13-15,17-19H2,1-2H3,(H,29,31)(H,30,35)(H,32,37)/t24-/m0/s1. The summed E-state index contributed by atoms with van der Waals surface area (Å²) in [4.78, 5) is 47.0. The van der Waals surface area contributed by atoms with Gasteiger partial charge in [-0.15, -0.1) is 0 Å². The molecule has 1 aromatic heterocycles. The Kier molecular flexibility index (Phi) is 10.4. The van der Waals surface area contributed by atoms with Gasteiger partial charge in [0, 0.05) is 31.1 Å². The van der Waals surface area contributed by atoms with Crippen LogP contribution < -0.4 is 10.6 Å². The lowest BCUT2D eigenvalue weighted by Gasteiger charge is -2.28. The number of carbonyl (C=O) groups is 3. The second-order valence-electron chi connectivity index (χ2n) is 9.53. The van der Waals surface area contributed by atoms with Crippen LogP contribution in [-0.4, -0.2) is 70.2 Å². The lowest BCUT2D eigenvalue weighted by atomic mass is 9.84. The number of alkyl carbamates (subject to hydrolysis) is 1. The first kappa shape index (κ1) is 28.4. The van der Waals surface area contributed by atoms with Crippen LogP contribution >= 0.6 is 0 Å². The van der Waals surface area contributed by atoms with Crippen molar-refractivity contribution < 1.29 is 24.2 Å². The highest BCUT2D eigenvalue weighted by Crippen LogP contribution is 2.21. The molecular weight excluding hydrogens is 486 g/mol. The number of nitrogens with one attached hydrogen (secondary N) is 3. The molecule has 0 spiro atoms. The van der Waals surface area contributed by atoms with Gasteiger partial charge in [0.2, 0.25) is 11.8 Å². The first-order chi connectivity index (χ1) is 18.3. The minimum Gasteiger partial charge on any atom is -0.445 e. The van der Waals surface area contributed by atoms with Gasteiger partial charge in [-0.3, -0.25) is 9.59 Å². The van der Waals surface area contributed by atoms with Gasteiger partial charge < -0.3 is 30.4 Å². The summed E-state index contributed by atoms with van der Waals surface area (Å²) in [5.74, 6) is -0.905. The van der Waals surface area contributed by atoms with Crippen LogP contribution in [0.5, 0.6) is 0 Å². The van der Waals surface area contributed by atoms with Crippen molar-refractivity contribution in [3.8, 4) is 0 Å². The molecule has 3 aromatic rings. The van der Waals surface area contributed by atoms with Crippen LogP contribution in [0.2, 0.25) is 0 Å². The molecule has 3 rings (SSSR count). The third-order valence-electron chi connectivity index (χ3n) is 6.07. The number of amides is 3. The van der Waals surface area contributed by atoms with Gasteiger partial charge in [-0.25, -0.2) is 9.78 Å². The van der Waals surface area contributed by atoms with Crippen LogP contribution in [0.4, 0.5) is 4.79 Å². The number of aromatic amines is 1. The molecule has 0 aliphatic rings. The SMILES string of the molecule is CC(C)(CNC(=O)CN(CCO)C(=O)[C@H](Cc1c[nH]cn1)NC(=O)OCc1ccccc1)c1ccccc1. The van der Waals surface area contributed by atoms with E-state index in [1.807, 2.05) is 74.5 Å². The third-order valence-corrected chi connectivity index (χ3v) is 6.07. The average Bonchev–Trinajstić information content (AvgIpc) is 3.44. The van der Waals surface area contributed by atoms with E-state index < -0.39 is 18.0 Å². The van der Waals surface area contributed by atoms with Gasteiger partial charge in [-0.1, -0.05) is 74.5 Å². The molecule has 1 atom stereocenters. The highest BCUT2D eigenvalue weighted by molar-refractivity contribution is 5.89. The van der Waals surface area contributed by atoms with Crippen molar-refractivity contribution in [2.45, 2.75) is 38.3 Å². The maximum absolute atomic E-state index is 13.5. The Morgan fingerprint density at radius 2 is 1.76 bits per heavy atom. The maximum Gasteiger partial charge on any atom is 0.408 e. The fourth-order valence-electron chi connectivity index (χ4n) is 3.87. The number of H-pyrrole nitrogens is 1. The molecule has 202 valence electrons. The van der Waals surface area contributed by atoms with Crippen molar-refractivity contribution in [2.24, 2.45) is 0 Å². The van der Waals surface area contributed by atoms with E-state index in [4.69, 9.17) is 4.74 Å². The lowest BCUT2D eigenvalue weighted by Crippen LogP contribution is -2.53. The number of nitrogens with zero attached hydrogens (tertiary/aromatic N) is 2. The van der Waals surface area contributed by atoms with Crippen molar-refractivity contribution in [1.82, 2.24) is 25.5 Å². The average molecular weight is 522 g/mol. The molecule has 2 aromatic carbocycles. The molecule has 38 heavy (non-hydrogen) atoms. The van der Waals surface area contributed by atoms with Crippen LogP contribution in [0.1, 0.15) is 30.7 Å². The van der Waals surface area contributed by atoms with Gasteiger partial charge in [0.25, 0.3) is 0 Å². The molecule has 1 heterocycles. The molecular formula is C28H35N5O5. The lowest BCUT2D eigenvalue weighted by molar-refractivity contribution is -0.138. The summed E-state index contributed by atoms with van der Waals surface area (Å²) >= 11 is 0. The minimum atomic E-state index is -1.05. The largest absolute Gasteiger partial charge is 0.445 e. The predicted octanol–water partition coefficient (Wildman–Crippen LogP) is 2.16. The van der Waals surface area contributed by atoms with Crippen LogP contribution in [0.15, 0.2) is 73.2 Å². The Bertz CT molecular complexity index is 1150. The van der Waals surface area contributed by atoms with E-state index in [1.54, 1.807) is 6.20 Å². The molecule has 3 amide bonds. The Hall–Kier alpha value is -4.18. The summed E-state index contributed by atoms with van der Waals surface area (Å²) in [6.07, 6.45) is 2.39. The number of rotatable bonds is 13. The van der Waals surface area contributed by atoms with Crippen molar-refractivity contribution in [2.75, 3.05) is 26.2 Å². The molecule has 0 bridgehead atoms. The van der Waals surface area contributed by atoms with E-state index in [1.165, 1.54) is 11.2 Å². The van der Waals surface area contributed by atoms with Crippen molar-refractivity contribution in [1.29, 1.82) is 0 Å². The zero-order valence-corrected chi connectivity index (χ0v) is 21.7. The van der Waals surface area contributed by atoms with Crippen LogP contribution in [-0.2, 0) is 32.8 Å². The fraction of sp³-hybridized carbons (Fsp3) is 0.357. The zero-order valence-electron chi connectivity index (χ0n) is 21.7. The van der Waals surface area contributed by atoms with Crippen molar-refractivity contribution in [3.63, 3.8) is 0 Å². The predicted molar refractivity (Wildman–Crippen MR) is 142 cm³/mol. The molecule has 4 N–H and O–H groups in total. The monoisotopic (exact) mass is 521 g/mol. The summed E-state index contributed by atoms with van der Waals surface area (Å²) in [5, 5.41) is 15.1. The fourth-order valence-corrected chi connectivity index (χ4v) is 3.87. The van der Waals surface area contributed by atoms with E-state index >= 15 is 0 Å². The molecule has 0 unspecified atom stereocenters. The summed E-state index contributed by atoms with van der Waals surface area (Å²) in [7, 11) is 0. The van der Waals surface area contributed by atoms with Gasteiger partial charge in [0.05, 0.1) is 25.2 Å². The molecule has 10 nitrogen and oxygen atoms in total. The molecule has 0 aliphatic heterocycles. The molecule has 0 aliphatic carbocycles. The normalized spacial score (nSPS) is 11.9. The molecule has 0 saturated heterocycles. The summed E-state index contributed by atoms with van der Waals surface area (Å²) in [6.45, 7) is 3.73. The summed E-state index contributed by atoms with van der Waals surface area (Å²) < 4.78 is 5.29. The number of imidazole rings is 1. The Morgan fingerprint density at radius 3 is 2.39 bits per heavy atom.